The molecule has 2 rings (SSSR count). The molecule has 1 aromatic rings. The van der Waals surface area contributed by atoms with Crippen LogP contribution in [0, 0.1) is 6.92 Å². The van der Waals surface area contributed by atoms with Gasteiger partial charge >= 0.3 is 0 Å². The molecule has 0 amide bonds. The number of aromatic nitrogens is 1. The lowest BCUT2D eigenvalue weighted by Crippen LogP contribution is -2.33. The molecule has 1 aliphatic carbocycles. The van der Waals surface area contributed by atoms with Crippen LogP contribution in [-0.4, -0.2) is 16.1 Å². The number of hydrogen-bond donors (Lipinski definition) is 2. The fourth-order valence-electron chi connectivity index (χ4n) is 1.78. The van der Waals surface area contributed by atoms with Crippen LogP contribution >= 0.6 is 0 Å². The largest absolute Gasteiger partial charge is 0.387 e. The van der Waals surface area contributed by atoms with E-state index in [4.69, 9.17) is 5.73 Å². The number of fused-ring (bicyclic) bond motifs is 1. The molecular weight excluding hydrogens is 164 g/mol. The number of nitrogens with two attached hydrogens (primary N) is 1. The van der Waals surface area contributed by atoms with E-state index in [9.17, 15) is 5.11 Å². The van der Waals surface area contributed by atoms with Crippen LogP contribution < -0.4 is 5.73 Å². The normalized spacial score (nSPS) is 27.0. The smallest absolute Gasteiger partial charge is 0.0958 e. The van der Waals surface area contributed by atoms with Gasteiger partial charge in [0.25, 0.3) is 0 Å². The van der Waals surface area contributed by atoms with Crippen molar-refractivity contribution in [1.29, 1.82) is 0 Å². The van der Waals surface area contributed by atoms with Crippen molar-refractivity contribution >= 4 is 0 Å². The molecule has 3 nitrogen and oxygen atoms in total. The molecule has 0 spiro atoms. The minimum absolute atomic E-state index is 0.128. The Morgan fingerprint density at radius 3 is 3.08 bits per heavy atom. The molecule has 3 N–H and O–H groups in total. The first-order valence-electron chi connectivity index (χ1n) is 4.58. The maximum Gasteiger partial charge on any atom is 0.0958 e. The average Bonchev–Trinajstić information content (AvgIpc) is 2.12. The monoisotopic (exact) mass is 178 g/mol. The average molecular weight is 178 g/mol. The number of aliphatic hydroxyl groups excluding tert-OH is 1. The van der Waals surface area contributed by atoms with Gasteiger partial charge in [0.05, 0.1) is 6.10 Å². The molecule has 3 heteroatoms. The van der Waals surface area contributed by atoms with Gasteiger partial charge in [-0.2, -0.15) is 0 Å². The van der Waals surface area contributed by atoms with Gasteiger partial charge in [-0.15, -0.1) is 0 Å². The van der Waals surface area contributed by atoms with E-state index >= 15 is 0 Å². The van der Waals surface area contributed by atoms with Crippen LogP contribution in [0.15, 0.2) is 12.1 Å². The number of pyridine rings is 1. The van der Waals surface area contributed by atoms with Crippen LogP contribution in [0.5, 0.6) is 0 Å². The maximum atomic E-state index is 9.76. The molecule has 1 aliphatic rings. The van der Waals surface area contributed by atoms with E-state index < -0.39 is 6.10 Å². The summed E-state index contributed by atoms with van der Waals surface area (Å²) in [7, 11) is 0. The molecule has 0 bridgehead atoms. The van der Waals surface area contributed by atoms with Crippen LogP contribution in [0.4, 0.5) is 0 Å². The maximum absolute atomic E-state index is 9.76. The summed E-state index contributed by atoms with van der Waals surface area (Å²) in [6, 6.07) is 3.72. The van der Waals surface area contributed by atoms with Gasteiger partial charge in [-0.1, -0.05) is 6.07 Å². The molecule has 0 aromatic carbocycles. The fourth-order valence-corrected chi connectivity index (χ4v) is 1.78. The SMILES string of the molecule is Cc1ccc2c(n1)CCC(N)C2O. The molecule has 0 saturated carbocycles. The highest BCUT2D eigenvalue weighted by atomic mass is 16.3. The zero-order valence-corrected chi connectivity index (χ0v) is 7.70. The third-order valence-electron chi connectivity index (χ3n) is 2.59. The Hall–Kier alpha value is -0.930. The van der Waals surface area contributed by atoms with Crippen molar-refractivity contribution in [1.82, 2.24) is 4.98 Å². The zero-order valence-electron chi connectivity index (χ0n) is 7.70. The minimum atomic E-state index is -0.531. The Kier molecular flexibility index (Phi) is 2.06. The van der Waals surface area contributed by atoms with Gasteiger partial charge in [0.2, 0.25) is 0 Å². The second-order valence-corrected chi connectivity index (χ2v) is 3.64. The van der Waals surface area contributed by atoms with E-state index in [0.29, 0.717) is 0 Å². The summed E-state index contributed by atoms with van der Waals surface area (Å²) in [5.41, 5.74) is 8.67. The molecule has 1 aromatic heterocycles. The van der Waals surface area contributed by atoms with Crippen molar-refractivity contribution in [2.45, 2.75) is 31.9 Å². The Balaban J connectivity index is 2.44. The second-order valence-electron chi connectivity index (χ2n) is 3.64. The van der Waals surface area contributed by atoms with Gasteiger partial charge in [-0.25, -0.2) is 0 Å². The van der Waals surface area contributed by atoms with E-state index in [0.717, 1.165) is 29.8 Å². The first kappa shape index (κ1) is 8.66. The molecule has 1 heterocycles. The van der Waals surface area contributed by atoms with Crippen LogP contribution in [0.2, 0.25) is 0 Å². The van der Waals surface area contributed by atoms with Gasteiger partial charge in [0.15, 0.2) is 0 Å². The number of rotatable bonds is 0. The van der Waals surface area contributed by atoms with Gasteiger partial charge < -0.3 is 10.8 Å². The molecule has 0 radical (unpaired) electrons. The Bertz CT molecular complexity index is 325. The topological polar surface area (TPSA) is 59.1 Å². The molecule has 0 aliphatic heterocycles. The fraction of sp³-hybridized carbons (Fsp3) is 0.500. The minimum Gasteiger partial charge on any atom is -0.387 e. The summed E-state index contributed by atoms with van der Waals surface area (Å²) in [6.45, 7) is 1.96. The summed E-state index contributed by atoms with van der Waals surface area (Å²) < 4.78 is 0. The van der Waals surface area contributed by atoms with Gasteiger partial charge in [0.1, 0.15) is 0 Å². The van der Waals surface area contributed by atoms with E-state index in [1.165, 1.54) is 0 Å². The van der Waals surface area contributed by atoms with Crippen LogP contribution in [0.3, 0.4) is 0 Å². The molecule has 2 atom stereocenters. The predicted octanol–water partition coefficient (Wildman–Crippen LogP) is 0.697. The standard InChI is InChI=1S/C10H14N2O/c1-6-2-3-7-9(12-6)5-4-8(11)10(7)13/h2-3,8,10,13H,4-5,11H2,1H3. The van der Waals surface area contributed by atoms with Gasteiger partial charge in [-0.3, -0.25) is 4.98 Å². The van der Waals surface area contributed by atoms with E-state index in [1.807, 2.05) is 19.1 Å². The Morgan fingerprint density at radius 2 is 2.31 bits per heavy atom. The number of aryl methyl sites for hydroxylation is 2. The van der Waals surface area contributed by atoms with Gasteiger partial charge in [-0.05, 0) is 25.8 Å². The van der Waals surface area contributed by atoms with Crippen LogP contribution in [-0.2, 0) is 6.42 Å². The predicted molar refractivity (Wildman–Crippen MR) is 50.2 cm³/mol. The first-order valence-corrected chi connectivity index (χ1v) is 4.58. The lowest BCUT2D eigenvalue weighted by atomic mass is 9.89. The molecule has 70 valence electrons. The number of hydrogen-bond acceptors (Lipinski definition) is 3. The van der Waals surface area contributed by atoms with Crippen molar-refractivity contribution in [3.8, 4) is 0 Å². The summed E-state index contributed by atoms with van der Waals surface area (Å²) >= 11 is 0. The summed E-state index contributed by atoms with van der Waals surface area (Å²) in [5.74, 6) is 0. The molecule has 2 unspecified atom stereocenters. The van der Waals surface area contributed by atoms with Crippen molar-refractivity contribution < 1.29 is 5.11 Å². The highest BCUT2D eigenvalue weighted by Gasteiger charge is 2.25. The van der Waals surface area contributed by atoms with Crippen LogP contribution in [0.1, 0.15) is 29.5 Å². The van der Waals surface area contributed by atoms with E-state index in [1.54, 1.807) is 0 Å². The number of nitrogens with zero attached hydrogens (tertiary/aromatic N) is 1. The van der Waals surface area contributed by atoms with Crippen molar-refractivity contribution in [2.24, 2.45) is 5.73 Å². The zero-order chi connectivity index (χ0) is 9.42. The van der Waals surface area contributed by atoms with E-state index in [2.05, 4.69) is 4.98 Å². The summed E-state index contributed by atoms with van der Waals surface area (Å²) in [5, 5.41) is 9.76. The lowest BCUT2D eigenvalue weighted by Gasteiger charge is -2.26. The second kappa shape index (κ2) is 3.09. The Morgan fingerprint density at radius 1 is 1.54 bits per heavy atom. The van der Waals surface area contributed by atoms with Crippen LogP contribution in [0.25, 0.3) is 0 Å². The molecule has 13 heavy (non-hydrogen) atoms. The molecule has 0 saturated heterocycles. The molecular formula is C10H14N2O. The highest BCUT2D eigenvalue weighted by Crippen LogP contribution is 2.27. The van der Waals surface area contributed by atoms with E-state index in [-0.39, 0.29) is 6.04 Å². The van der Waals surface area contributed by atoms with Crippen molar-refractivity contribution in [2.75, 3.05) is 0 Å². The van der Waals surface area contributed by atoms with Gasteiger partial charge in [0, 0.05) is 23.0 Å². The van der Waals surface area contributed by atoms with Crippen molar-refractivity contribution in [3.05, 3.63) is 29.1 Å². The van der Waals surface area contributed by atoms with Crippen molar-refractivity contribution in [3.63, 3.8) is 0 Å². The number of aliphatic hydroxyl groups is 1. The first-order chi connectivity index (χ1) is 6.18. The lowest BCUT2D eigenvalue weighted by molar-refractivity contribution is 0.132. The summed E-state index contributed by atoms with van der Waals surface area (Å²) in [4.78, 5) is 4.38. The third kappa shape index (κ3) is 1.45. The third-order valence-corrected chi connectivity index (χ3v) is 2.59. The summed E-state index contributed by atoms with van der Waals surface area (Å²) in [6.07, 6.45) is 1.18. The highest BCUT2D eigenvalue weighted by molar-refractivity contribution is 5.28. The Labute approximate surface area is 77.6 Å². The quantitative estimate of drug-likeness (QED) is 0.614. The molecule has 0 fully saturated rings.